The van der Waals surface area contributed by atoms with Crippen LogP contribution in [0, 0.1) is 0 Å². The molecule has 0 saturated heterocycles. The molecule has 0 fully saturated rings. The van der Waals surface area contributed by atoms with Crippen molar-refractivity contribution in [2.45, 2.75) is 12.1 Å². The molecule has 0 aliphatic carbocycles. The first kappa shape index (κ1) is 17.6. The lowest BCUT2D eigenvalue weighted by Gasteiger charge is -2.08. The quantitative estimate of drug-likeness (QED) is 0.548. The van der Waals surface area contributed by atoms with Crippen molar-refractivity contribution in [3.8, 4) is 11.5 Å². The Kier molecular flexibility index (Phi) is 7.62. The summed E-state index contributed by atoms with van der Waals surface area (Å²) in [4.78, 5) is 12.7. The van der Waals surface area contributed by atoms with Crippen molar-refractivity contribution in [1.29, 1.82) is 0 Å². The SMILES string of the molecule is CCSc1n[nH]c(Nc2cc(OC)cc(OC)c2)n1.O=CO. The number of thioether (sulfide) groups is 1. The van der Waals surface area contributed by atoms with Gasteiger partial charge in [-0.25, -0.2) is 5.10 Å². The maximum absolute atomic E-state index is 8.36. The zero-order valence-electron chi connectivity index (χ0n) is 12.5. The third-order valence-corrected chi connectivity index (χ3v) is 3.08. The van der Waals surface area contributed by atoms with E-state index in [9.17, 15) is 0 Å². The Morgan fingerprint density at radius 3 is 2.41 bits per heavy atom. The van der Waals surface area contributed by atoms with Crippen LogP contribution in [-0.4, -0.2) is 46.7 Å². The number of rotatable bonds is 6. The third kappa shape index (κ3) is 5.52. The maximum atomic E-state index is 8.36. The monoisotopic (exact) mass is 326 g/mol. The molecule has 0 radical (unpaired) electrons. The van der Waals surface area contributed by atoms with Crippen molar-refractivity contribution in [3.63, 3.8) is 0 Å². The first-order chi connectivity index (χ1) is 10.7. The summed E-state index contributed by atoms with van der Waals surface area (Å²) in [7, 11) is 3.23. The van der Waals surface area contributed by atoms with Gasteiger partial charge >= 0.3 is 0 Å². The third-order valence-electron chi connectivity index (χ3n) is 2.35. The predicted molar refractivity (Wildman–Crippen MR) is 84.3 cm³/mol. The molecule has 3 N–H and O–H groups in total. The van der Waals surface area contributed by atoms with Crippen LogP contribution < -0.4 is 14.8 Å². The predicted octanol–water partition coefficient (Wildman–Crippen LogP) is 2.38. The second kappa shape index (κ2) is 9.50. The molecule has 9 heteroatoms. The number of aromatic nitrogens is 3. The van der Waals surface area contributed by atoms with Gasteiger partial charge in [0, 0.05) is 23.9 Å². The summed E-state index contributed by atoms with van der Waals surface area (Å²) in [6, 6.07) is 5.53. The fraction of sp³-hybridized carbons (Fsp3) is 0.308. The summed E-state index contributed by atoms with van der Waals surface area (Å²) in [6.07, 6.45) is 0. The lowest BCUT2D eigenvalue weighted by molar-refractivity contribution is -0.122. The van der Waals surface area contributed by atoms with Gasteiger partial charge in [0.05, 0.1) is 14.2 Å². The summed E-state index contributed by atoms with van der Waals surface area (Å²) >= 11 is 1.58. The fourth-order valence-electron chi connectivity index (χ4n) is 1.51. The van der Waals surface area contributed by atoms with Gasteiger partial charge in [-0.05, 0) is 5.75 Å². The second-order valence-electron chi connectivity index (χ2n) is 3.73. The largest absolute Gasteiger partial charge is 0.497 e. The van der Waals surface area contributed by atoms with Crippen LogP contribution in [0.4, 0.5) is 11.6 Å². The van der Waals surface area contributed by atoms with Crippen LogP contribution in [-0.2, 0) is 4.79 Å². The number of anilines is 2. The second-order valence-corrected chi connectivity index (χ2v) is 4.96. The van der Waals surface area contributed by atoms with Gasteiger partial charge in [-0.2, -0.15) is 4.98 Å². The van der Waals surface area contributed by atoms with E-state index in [0.29, 0.717) is 17.4 Å². The van der Waals surface area contributed by atoms with Gasteiger partial charge in [0.1, 0.15) is 11.5 Å². The van der Waals surface area contributed by atoms with Crippen molar-refractivity contribution in [3.05, 3.63) is 18.2 Å². The minimum Gasteiger partial charge on any atom is -0.497 e. The van der Waals surface area contributed by atoms with E-state index in [-0.39, 0.29) is 6.47 Å². The van der Waals surface area contributed by atoms with Crippen molar-refractivity contribution in [1.82, 2.24) is 15.2 Å². The molecular formula is C13H18N4O4S. The van der Waals surface area contributed by atoms with Gasteiger partial charge in [0.15, 0.2) is 0 Å². The average molecular weight is 326 g/mol. The number of carbonyl (C=O) groups is 1. The molecule has 1 aromatic carbocycles. The number of H-pyrrole nitrogens is 1. The van der Waals surface area contributed by atoms with E-state index in [1.807, 2.05) is 18.2 Å². The average Bonchev–Trinajstić information content (AvgIpc) is 2.95. The number of nitrogens with one attached hydrogen (secondary N) is 2. The first-order valence-electron chi connectivity index (χ1n) is 6.30. The van der Waals surface area contributed by atoms with Gasteiger partial charge in [0.2, 0.25) is 11.1 Å². The Labute approximate surface area is 132 Å². The number of benzene rings is 1. The molecule has 0 saturated carbocycles. The molecule has 0 spiro atoms. The minimum absolute atomic E-state index is 0.250. The van der Waals surface area contributed by atoms with E-state index in [1.54, 1.807) is 26.0 Å². The molecule has 2 rings (SSSR count). The highest BCUT2D eigenvalue weighted by atomic mass is 32.2. The lowest BCUT2D eigenvalue weighted by Crippen LogP contribution is -1.95. The Hall–Kier alpha value is -2.42. The van der Waals surface area contributed by atoms with Crippen LogP contribution >= 0.6 is 11.8 Å². The summed E-state index contributed by atoms with van der Waals surface area (Å²) < 4.78 is 10.4. The van der Waals surface area contributed by atoms with Crippen molar-refractivity contribution < 1.29 is 19.4 Å². The van der Waals surface area contributed by atoms with Crippen LogP contribution in [0.2, 0.25) is 0 Å². The highest BCUT2D eigenvalue weighted by molar-refractivity contribution is 7.99. The molecule has 0 aliphatic rings. The Morgan fingerprint density at radius 1 is 1.32 bits per heavy atom. The normalized spacial score (nSPS) is 9.41. The van der Waals surface area contributed by atoms with E-state index < -0.39 is 0 Å². The Bertz CT molecular complexity index is 569. The number of hydrogen-bond acceptors (Lipinski definition) is 7. The topological polar surface area (TPSA) is 109 Å². The molecule has 0 bridgehead atoms. The van der Waals surface area contributed by atoms with E-state index in [2.05, 4.69) is 27.4 Å². The van der Waals surface area contributed by atoms with Crippen molar-refractivity contribution in [2.75, 3.05) is 25.3 Å². The van der Waals surface area contributed by atoms with Gasteiger partial charge in [-0.15, -0.1) is 5.10 Å². The molecular weight excluding hydrogens is 308 g/mol. The van der Waals surface area contributed by atoms with E-state index in [1.165, 1.54) is 0 Å². The number of aromatic amines is 1. The van der Waals surface area contributed by atoms with Gasteiger partial charge in [-0.1, -0.05) is 18.7 Å². The molecule has 2 aromatic rings. The highest BCUT2D eigenvalue weighted by Gasteiger charge is 2.06. The van der Waals surface area contributed by atoms with E-state index >= 15 is 0 Å². The van der Waals surface area contributed by atoms with E-state index in [0.717, 1.165) is 16.6 Å². The molecule has 22 heavy (non-hydrogen) atoms. The Balaban J connectivity index is 0.000000745. The smallest absolute Gasteiger partial charge is 0.290 e. The van der Waals surface area contributed by atoms with Crippen LogP contribution in [0.1, 0.15) is 6.92 Å². The minimum atomic E-state index is -0.250. The number of nitrogens with zero attached hydrogens (tertiary/aromatic N) is 2. The molecule has 1 aromatic heterocycles. The Morgan fingerprint density at radius 2 is 1.91 bits per heavy atom. The molecule has 0 atom stereocenters. The molecule has 0 unspecified atom stereocenters. The maximum Gasteiger partial charge on any atom is 0.290 e. The summed E-state index contributed by atoms with van der Waals surface area (Å²) in [5.74, 6) is 2.95. The molecule has 120 valence electrons. The van der Waals surface area contributed by atoms with Gasteiger partial charge in [0.25, 0.3) is 6.47 Å². The standard InChI is InChI=1S/C12H16N4O2S.CH2O2/c1-4-19-12-14-11(15-16-12)13-8-5-9(17-2)7-10(6-8)18-3;2-1-3/h5-7H,4H2,1-3H3,(H2,13,14,15,16);1H,(H,2,3). The molecule has 1 heterocycles. The zero-order valence-corrected chi connectivity index (χ0v) is 13.3. The van der Waals surface area contributed by atoms with Crippen LogP contribution in [0.15, 0.2) is 23.4 Å². The van der Waals surface area contributed by atoms with Crippen molar-refractivity contribution >= 4 is 29.9 Å². The van der Waals surface area contributed by atoms with Crippen molar-refractivity contribution in [2.24, 2.45) is 0 Å². The summed E-state index contributed by atoms with van der Waals surface area (Å²) in [6.45, 7) is 1.81. The molecule has 0 amide bonds. The van der Waals surface area contributed by atoms with Crippen LogP contribution in [0.25, 0.3) is 0 Å². The zero-order chi connectivity index (χ0) is 16.4. The highest BCUT2D eigenvalue weighted by Crippen LogP contribution is 2.27. The number of hydrogen-bond donors (Lipinski definition) is 3. The van der Waals surface area contributed by atoms with Gasteiger partial charge in [-0.3, -0.25) is 4.79 Å². The van der Waals surface area contributed by atoms with E-state index in [4.69, 9.17) is 19.4 Å². The van der Waals surface area contributed by atoms with Gasteiger partial charge < -0.3 is 19.9 Å². The number of methoxy groups -OCH3 is 2. The molecule has 0 aliphatic heterocycles. The van der Waals surface area contributed by atoms with Crippen LogP contribution in [0.3, 0.4) is 0 Å². The lowest BCUT2D eigenvalue weighted by atomic mass is 10.3. The fourth-order valence-corrected chi connectivity index (χ4v) is 2.04. The summed E-state index contributed by atoms with van der Waals surface area (Å²) in [5.41, 5.74) is 0.820. The first-order valence-corrected chi connectivity index (χ1v) is 7.28. The summed E-state index contributed by atoms with van der Waals surface area (Å²) in [5, 5.41) is 17.7. The molecule has 8 nitrogen and oxygen atoms in total. The van der Waals surface area contributed by atoms with Crippen LogP contribution in [0.5, 0.6) is 11.5 Å². The number of ether oxygens (including phenoxy) is 2. The number of carboxylic acid groups (broad SMARTS) is 1.